The number of benzene rings is 1. The first-order valence-electron chi connectivity index (χ1n) is 6.42. The lowest BCUT2D eigenvalue weighted by Crippen LogP contribution is -2.45. The first kappa shape index (κ1) is 14.7. The van der Waals surface area contributed by atoms with Crippen molar-refractivity contribution in [3.8, 4) is 0 Å². The van der Waals surface area contributed by atoms with E-state index in [9.17, 15) is 14.4 Å². The third-order valence-corrected chi connectivity index (χ3v) is 2.95. The van der Waals surface area contributed by atoms with Crippen LogP contribution < -0.4 is 5.32 Å². The Labute approximate surface area is 122 Å². The summed E-state index contributed by atoms with van der Waals surface area (Å²) in [6, 6.07) is 9.04. The molecule has 0 spiro atoms. The fourth-order valence-corrected chi connectivity index (χ4v) is 2.15. The highest BCUT2D eigenvalue weighted by Crippen LogP contribution is 2.30. The Morgan fingerprint density at radius 1 is 1.05 bits per heavy atom. The zero-order valence-corrected chi connectivity index (χ0v) is 12.0. The number of rotatable bonds is 1. The van der Waals surface area contributed by atoms with Gasteiger partial charge in [-0.1, -0.05) is 30.3 Å². The maximum absolute atomic E-state index is 11.9. The van der Waals surface area contributed by atoms with Crippen LogP contribution in [0.4, 0.5) is 0 Å². The first-order valence-corrected chi connectivity index (χ1v) is 6.42. The summed E-state index contributed by atoms with van der Waals surface area (Å²) < 4.78 is 0. The van der Waals surface area contributed by atoms with Gasteiger partial charge in [0.05, 0.1) is 0 Å². The first-order chi connectivity index (χ1) is 9.91. The summed E-state index contributed by atoms with van der Waals surface area (Å²) in [6.45, 7) is 4.03. The lowest BCUT2D eigenvalue weighted by Gasteiger charge is -2.28. The molecule has 0 aromatic heterocycles. The van der Waals surface area contributed by atoms with Crippen LogP contribution in [0.3, 0.4) is 0 Å². The van der Waals surface area contributed by atoms with E-state index < -0.39 is 6.17 Å². The normalized spacial score (nSPS) is 17.5. The Balaban J connectivity index is 2.47. The minimum atomic E-state index is -0.692. The topological polar surface area (TPSA) is 82.1 Å². The van der Waals surface area contributed by atoms with E-state index in [-0.39, 0.29) is 23.7 Å². The van der Waals surface area contributed by atoms with Gasteiger partial charge in [-0.25, -0.2) is 5.01 Å². The van der Waals surface area contributed by atoms with Crippen molar-refractivity contribution in [1.82, 2.24) is 15.2 Å². The van der Waals surface area contributed by atoms with Crippen LogP contribution in [0.1, 0.15) is 32.5 Å². The Bertz CT molecular complexity index is 612. The predicted molar refractivity (Wildman–Crippen MR) is 75.5 cm³/mol. The summed E-state index contributed by atoms with van der Waals surface area (Å²) in [5, 5.41) is 7.72. The Morgan fingerprint density at radius 3 is 2.14 bits per heavy atom. The number of hydrogen-bond acceptors (Lipinski definition) is 4. The summed E-state index contributed by atoms with van der Waals surface area (Å²) in [4.78, 5) is 36.3. The molecular formula is C14H16N4O3. The fourth-order valence-electron chi connectivity index (χ4n) is 2.15. The third kappa shape index (κ3) is 2.91. The van der Waals surface area contributed by atoms with Gasteiger partial charge in [-0.15, -0.1) is 5.10 Å². The molecular weight excluding hydrogens is 272 g/mol. The number of nitrogens with one attached hydrogen (secondary N) is 1. The van der Waals surface area contributed by atoms with Crippen molar-refractivity contribution in [2.24, 2.45) is 5.10 Å². The highest BCUT2D eigenvalue weighted by Gasteiger charge is 2.40. The number of carbonyl (C=O) groups is 3. The van der Waals surface area contributed by atoms with Gasteiger partial charge in [0.25, 0.3) is 0 Å². The van der Waals surface area contributed by atoms with Gasteiger partial charge in [0.15, 0.2) is 6.17 Å². The van der Waals surface area contributed by atoms with Crippen molar-refractivity contribution in [3.05, 3.63) is 35.9 Å². The minimum Gasteiger partial charge on any atom is -0.295 e. The van der Waals surface area contributed by atoms with E-state index >= 15 is 0 Å². The molecule has 1 aliphatic rings. The Kier molecular flexibility index (Phi) is 4.02. The highest BCUT2D eigenvalue weighted by atomic mass is 16.2. The van der Waals surface area contributed by atoms with Crippen molar-refractivity contribution in [2.45, 2.75) is 26.9 Å². The number of guanidine groups is 1. The molecule has 0 radical (unpaired) electrons. The maximum atomic E-state index is 11.9. The highest BCUT2D eigenvalue weighted by molar-refractivity contribution is 6.05. The average molecular weight is 288 g/mol. The van der Waals surface area contributed by atoms with Crippen LogP contribution in [0.2, 0.25) is 0 Å². The molecule has 1 heterocycles. The molecule has 3 amide bonds. The zero-order chi connectivity index (χ0) is 15.6. The smallest absolute Gasteiger partial charge is 0.241 e. The van der Waals surface area contributed by atoms with Gasteiger partial charge in [-0.2, -0.15) is 0 Å². The van der Waals surface area contributed by atoms with Crippen LogP contribution >= 0.6 is 0 Å². The molecule has 1 aromatic rings. The van der Waals surface area contributed by atoms with Gasteiger partial charge in [-0.05, 0) is 5.56 Å². The van der Waals surface area contributed by atoms with E-state index in [2.05, 4.69) is 10.4 Å². The quantitative estimate of drug-likeness (QED) is 0.830. The molecule has 21 heavy (non-hydrogen) atoms. The van der Waals surface area contributed by atoms with Crippen LogP contribution in [0.25, 0.3) is 0 Å². The molecule has 7 nitrogen and oxygen atoms in total. The fraction of sp³-hybridized carbons (Fsp3) is 0.286. The van der Waals surface area contributed by atoms with Crippen LogP contribution in [0, 0.1) is 0 Å². The lowest BCUT2D eigenvalue weighted by molar-refractivity contribution is -0.136. The van der Waals surface area contributed by atoms with Crippen molar-refractivity contribution in [3.63, 3.8) is 0 Å². The summed E-state index contributed by atoms with van der Waals surface area (Å²) in [6.07, 6.45) is -0.692. The van der Waals surface area contributed by atoms with Crippen molar-refractivity contribution in [1.29, 1.82) is 0 Å². The maximum Gasteiger partial charge on any atom is 0.241 e. The zero-order valence-electron chi connectivity index (χ0n) is 12.0. The molecule has 0 fully saturated rings. The van der Waals surface area contributed by atoms with Crippen molar-refractivity contribution >= 4 is 23.7 Å². The van der Waals surface area contributed by atoms with Gasteiger partial charge in [-0.3, -0.25) is 24.6 Å². The second-order valence-electron chi connectivity index (χ2n) is 4.64. The molecule has 1 atom stereocenters. The van der Waals surface area contributed by atoms with E-state index in [1.54, 1.807) is 12.1 Å². The van der Waals surface area contributed by atoms with Crippen molar-refractivity contribution < 1.29 is 14.4 Å². The molecule has 0 aliphatic carbocycles. The summed E-state index contributed by atoms with van der Waals surface area (Å²) >= 11 is 0. The van der Waals surface area contributed by atoms with Crippen LogP contribution in [-0.2, 0) is 14.4 Å². The summed E-state index contributed by atoms with van der Waals surface area (Å²) in [5.74, 6) is -0.952. The molecule has 2 rings (SSSR count). The number of amides is 3. The Morgan fingerprint density at radius 2 is 1.67 bits per heavy atom. The monoisotopic (exact) mass is 288 g/mol. The minimum absolute atomic E-state index is 0.0547. The largest absolute Gasteiger partial charge is 0.295 e. The molecule has 0 bridgehead atoms. The molecule has 1 aliphatic heterocycles. The SMILES string of the molecule is CC(=O)NC1=NN(C(C)=O)[C@H](c2ccccc2)N1C(C)=O. The molecule has 0 unspecified atom stereocenters. The van der Waals surface area contributed by atoms with Crippen molar-refractivity contribution in [2.75, 3.05) is 0 Å². The lowest BCUT2D eigenvalue weighted by atomic mass is 10.1. The summed E-state index contributed by atoms with van der Waals surface area (Å²) in [7, 11) is 0. The second-order valence-corrected chi connectivity index (χ2v) is 4.64. The predicted octanol–water partition coefficient (Wildman–Crippen LogP) is 0.803. The van der Waals surface area contributed by atoms with E-state index in [0.717, 1.165) is 5.56 Å². The third-order valence-electron chi connectivity index (χ3n) is 2.95. The van der Waals surface area contributed by atoms with E-state index in [1.807, 2.05) is 18.2 Å². The van der Waals surface area contributed by atoms with E-state index in [1.165, 1.54) is 30.7 Å². The van der Waals surface area contributed by atoms with Crippen LogP contribution in [-0.4, -0.2) is 33.6 Å². The second kappa shape index (κ2) is 5.74. The summed E-state index contributed by atoms with van der Waals surface area (Å²) in [5.41, 5.74) is 0.729. The number of nitrogens with zero attached hydrogens (tertiary/aromatic N) is 3. The van der Waals surface area contributed by atoms with Gasteiger partial charge in [0, 0.05) is 20.8 Å². The molecule has 1 N–H and O–H groups in total. The molecule has 110 valence electrons. The van der Waals surface area contributed by atoms with Gasteiger partial charge in [0.2, 0.25) is 23.7 Å². The standard InChI is InChI=1S/C14H16N4O3/c1-9(19)15-14-16-18(11(3)21)13(17(14)10(2)20)12-7-5-4-6-8-12/h4-8,13H,1-3H3,(H,15,16,19)/t13-/m1/s1. The molecule has 0 saturated carbocycles. The number of hydrogen-bond donors (Lipinski definition) is 1. The van der Waals surface area contributed by atoms with E-state index in [0.29, 0.717) is 0 Å². The van der Waals surface area contributed by atoms with Gasteiger partial charge < -0.3 is 0 Å². The number of carbonyl (C=O) groups excluding carboxylic acids is 3. The average Bonchev–Trinajstić information content (AvgIpc) is 2.78. The van der Waals surface area contributed by atoms with Crippen LogP contribution in [0.5, 0.6) is 0 Å². The Hall–Kier alpha value is -2.70. The number of hydrazone groups is 1. The van der Waals surface area contributed by atoms with Crippen LogP contribution in [0.15, 0.2) is 35.4 Å². The molecule has 7 heteroatoms. The molecule has 0 saturated heterocycles. The van der Waals surface area contributed by atoms with E-state index in [4.69, 9.17) is 0 Å². The molecule has 1 aromatic carbocycles. The van der Waals surface area contributed by atoms with Gasteiger partial charge >= 0.3 is 0 Å². The van der Waals surface area contributed by atoms with Gasteiger partial charge in [0.1, 0.15) is 0 Å².